The Morgan fingerprint density at radius 3 is 2.87 bits per heavy atom. The molecule has 0 spiro atoms. The van der Waals surface area contributed by atoms with E-state index in [0.717, 1.165) is 23.0 Å². The van der Waals surface area contributed by atoms with E-state index >= 15 is 0 Å². The number of nitrogens with zero attached hydrogens (tertiary/aromatic N) is 4. The van der Waals surface area contributed by atoms with Crippen LogP contribution in [0.25, 0.3) is 5.82 Å². The molecule has 0 fully saturated rings. The summed E-state index contributed by atoms with van der Waals surface area (Å²) in [4.78, 5) is 12.8. The molecule has 2 aromatic rings. The van der Waals surface area contributed by atoms with Crippen molar-refractivity contribution in [1.82, 2.24) is 19.5 Å². The van der Waals surface area contributed by atoms with Crippen LogP contribution in [0.2, 0.25) is 0 Å². The van der Waals surface area contributed by atoms with Crippen LogP contribution in [0.15, 0.2) is 18.6 Å². The Kier molecular flexibility index (Phi) is 2.47. The van der Waals surface area contributed by atoms with E-state index in [4.69, 9.17) is 5.73 Å². The normalized spacial score (nSPS) is 10.6. The van der Waals surface area contributed by atoms with Gasteiger partial charge in [0.2, 0.25) is 0 Å². The molecule has 0 aromatic carbocycles. The van der Waals surface area contributed by atoms with Crippen molar-refractivity contribution in [3.8, 4) is 5.82 Å². The number of aromatic nitrogens is 4. The fraction of sp³-hybridized carbons (Fsp3) is 0.300. The number of hydrogen-bond acceptors (Lipinski definition) is 4. The molecular formula is C10H13N5. The van der Waals surface area contributed by atoms with Gasteiger partial charge in [-0.2, -0.15) is 0 Å². The van der Waals surface area contributed by atoms with E-state index in [1.807, 2.05) is 24.6 Å². The van der Waals surface area contributed by atoms with Gasteiger partial charge in [0.15, 0.2) is 5.82 Å². The molecular weight excluding hydrogens is 190 g/mol. The molecule has 0 aliphatic rings. The molecule has 0 saturated heterocycles. The van der Waals surface area contributed by atoms with Crippen molar-refractivity contribution in [2.45, 2.75) is 20.4 Å². The van der Waals surface area contributed by atoms with Crippen LogP contribution in [0.3, 0.4) is 0 Å². The lowest BCUT2D eigenvalue weighted by Gasteiger charge is -2.08. The van der Waals surface area contributed by atoms with Gasteiger partial charge in [0.25, 0.3) is 0 Å². The zero-order chi connectivity index (χ0) is 10.8. The van der Waals surface area contributed by atoms with E-state index < -0.39 is 0 Å². The Morgan fingerprint density at radius 2 is 2.13 bits per heavy atom. The second-order valence-corrected chi connectivity index (χ2v) is 3.34. The van der Waals surface area contributed by atoms with Crippen LogP contribution in [0, 0.1) is 13.8 Å². The summed E-state index contributed by atoms with van der Waals surface area (Å²) in [5.41, 5.74) is 7.34. The molecule has 0 radical (unpaired) electrons. The van der Waals surface area contributed by atoms with Gasteiger partial charge in [0, 0.05) is 18.6 Å². The minimum atomic E-state index is 0.391. The van der Waals surface area contributed by atoms with Crippen molar-refractivity contribution < 1.29 is 0 Å². The molecule has 0 saturated carbocycles. The van der Waals surface area contributed by atoms with Crippen LogP contribution in [0.4, 0.5) is 0 Å². The third-order valence-electron chi connectivity index (χ3n) is 2.18. The number of rotatable bonds is 2. The minimum Gasteiger partial charge on any atom is -0.324 e. The summed E-state index contributed by atoms with van der Waals surface area (Å²) < 4.78 is 1.87. The topological polar surface area (TPSA) is 69.6 Å². The SMILES string of the molecule is Cc1cnc(C)c(-n2ccnc2CN)n1. The maximum atomic E-state index is 5.59. The van der Waals surface area contributed by atoms with Crippen LogP contribution in [0.5, 0.6) is 0 Å². The van der Waals surface area contributed by atoms with Gasteiger partial charge in [-0.3, -0.25) is 9.55 Å². The Hall–Kier alpha value is -1.75. The summed E-state index contributed by atoms with van der Waals surface area (Å²) in [6.45, 7) is 4.22. The third kappa shape index (κ3) is 1.73. The van der Waals surface area contributed by atoms with Gasteiger partial charge in [-0.25, -0.2) is 9.97 Å². The lowest BCUT2D eigenvalue weighted by atomic mass is 10.4. The first-order valence-corrected chi connectivity index (χ1v) is 4.75. The Bertz CT molecular complexity index is 474. The molecule has 2 rings (SSSR count). The van der Waals surface area contributed by atoms with Crippen molar-refractivity contribution in [2.75, 3.05) is 0 Å². The fourth-order valence-electron chi connectivity index (χ4n) is 1.43. The first kappa shape index (κ1) is 9.79. The fourth-order valence-corrected chi connectivity index (χ4v) is 1.43. The quantitative estimate of drug-likeness (QED) is 0.781. The Labute approximate surface area is 88.0 Å². The lowest BCUT2D eigenvalue weighted by molar-refractivity contribution is 0.826. The maximum absolute atomic E-state index is 5.59. The second-order valence-electron chi connectivity index (χ2n) is 3.34. The maximum Gasteiger partial charge on any atom is 0.159 e. The lowest BCUT2D eigenvalue weighted by Crippen LogP contribution is -2.10. The average Bonchev–Trinajstić information content (AvgIpc) is 2.69. The zero-order valence-corrected chi connectivity index (χ0v) is 8.81. The summed E-state index contributed by atoms with van der Waals surface area (Å²) in [5.74, 6) is 1.59. The van der Waals surface area contributed by atoms with Gasteiger partial charge in [0.05, 0.1) is 17.9 Å². The Balaban J connectivity index is 2.58. The van der Waals surface area contributed by atoms with Gasteiger partial charge in [-0.15, -0.1) is 0 Å². The van der Waals surface area contributed by atoms with Crippen molar-refractivity contribution in [1.29, 1.82) is 0 Å². The highest BCUT2D eigenvalue weighted by Crippen LogP contribution is 2.11. The van der Waals surface area contributed by atoms with E-state index in [1.165, 1.54) is 0 Å². The molecule has 15 heavy (non-hydrogen) atoms. The van der Waals surface area contributed by atoms with Crippen molar-refractivity contribution in [2.24, 2.45) is 5.73 Å². The zero-order valence-electron chi connectivity index (χ0n) is 8.81. The highest BCUT2D eigenvalue weighted by atomic mass is 15.1. The summed E-state index contributed by atoms with van der Waals surface area (Å²) in [6.07, 6.45) is 5.31. The largest absolute Gasteiger partial charge is 0.324 e. The monoisotopic (exact) mass is 203 g/mol. The summed E-state index contributed by atoms with van der Waals surface area (Å²) in [6, 6.07) is 0. The van der Waals surface area contributed by atoms with E-state index in [1.54, 1.807) is 12.4 Å². The van der Waals surface area contributed by atoms with E-state index in [2.05, 4.69) is 15.0 Å². The van der Waals surface area contributed by atoms with E-state index in [-0.39, 0.29) is 0 Å². The molecule has 78 valence electrons. The van der Waals surface area contributed by atoms with Crippen LogP contribution >= 0.6 is 0 Å². The molecule has 5 nitrogen and oxygen atoms in total. The van der Waals surface area contributed by atoms with Gasteiger partial charge in [-0.05, 0) is 13.8 Å². The first-order valence-electron chi connectivity index (χ1n) is 4.75. The molecule has 2 aromatic heterocycles. The standard InChI is InChI=1S/C10H13N5/c1-7-6-13-8(2)10(14-7)15-4-3-12-9(15)5-11/h3-4,6H,5,11H2,1-2H3. The van der Waals surface area contributed by atoms with Gasteiger partial charge >= 0.3 is 0 Å². The molecule has 0 amide bonds. The first-order chi connectivity index (χ1) is 7.22. The average molecular weight is 203 g/mol. The van der Waals surface area contributed by atoms with Crippen LogP contribution in [0.1, 0.15) is 17.2 Å². The van der Waals surface area contributed by atoms with Crippen molar-refractivity contribution in [3.63, 3.8) is 0 Å². The molecule has 0 atom stereocenters. The highest BCUT2D eigenvalue weighted by molar-refractivity contribution is 5.30. The van der Waals surface area contributed by atoms with Gasteiger partial charge in [0.1, 0.15) is 5.82 Å². The molecule has 0 bridgehead atoms. The predicted octanol–water partition coefficient (Wildman–Crippen LogP) is 0.738. The van der Waals surface area contributed by atoms with Gasteiger partial charge < -0.3 is 5.73 Å². The second kappa shape index (κ2) is 3.78. The predicted molar refractivity (Wildman–Crippen MR) is 56.5 cm³/mol. The van der Waals surface area contributed by atoms with Gasteiger partial charge in [-0.1, -0.05) is 0 Å². The highest BCUT2D eigenvalue weighted by Gasteiger charge is 2.08. The number of nitrogens with two attached hydrogens (primary N) is 1. The summed E-state index contributed by atoms with van der Waals surface area (Å²) in [5, 5.41) is 0. The molecule has 2 heterocycles. The van der Waals surface area contributed by atoms with Crippen LogP contribution in [-0.4, -0.2) is 19.5 Å². The smallest absolute Gasteiger partial charge is 0.159 e. The van der Waals surface area contributed by atoms with Crippen molar-refractivity contribution in [3.05, 3.63) is 35.8 Å². The van der Waals surface area contributed by atoms with E-state index in [0.29, 0.717) is 6.54 Å². The molecule has 0 aliphatic carbocycles. The van der Waals surface area contributed by atoms with Crippen molar-refractivity contribution >= 4 is 0 Å². The number of aryl methyl sites for hydroxylation is 2. The third-order valence-corrected chi connectivity index (χ3v) is 2.18. The molecule has 5 heteroatoms. The van der Waals surface area contributed by atoms with E-state index in [9.17, 15) is 0 Å². The number of imidazole rings is 1. The summed E-state index contributed by atoms with van der Waals surface area (Å²) in [7, 11) is 0. The van der Waals surface area contributed by atoms with Crippen LogP contribution in [-0.2, 0) is 6.54 Å². The Morgan fingerprint density at radius 1 is 1.33 bits per heavy atom. The van der Waals surface area contributed by atoms with Crippen LogP contribution < -0.4 is 5.73 Å². The molecule has 0 unspecified atom stereocenters. The molecule has 2 N–H and O–H groups in total. The molecule has 0 aliphatic heterocycles. The number of hydrogen-bond donors (Lipinski definition) is 1. The summed E-state index contributed by atoms with van der Waals surface area (Å²) >= 11 is 0. The minimum absolute atomic E-state index is 0.391.